The minimum Gasteiger partial charge on any atom is -0.360 e. The summed E-state index contributed by atoms with van der Waals surface area (Å²) in [6.07, 6.45) is 0. The van der Waals surface area contributed by atoms with Crippen LogP contribution in [0.4, 0.5) is 10.2 Å². The number of halogens is 1. The molecule has 0 fully saturated rings. The number of rotatable bonds is 5. The Bertz CT molecular complexity index is 740. The number of nitrogens with one attached hydrogen (secondary N) is 2. The minimum absolute atomic E-state index is 0.131. The predicted molar refractivity (Wildman–Crippen MR) is 71.5 cm³/mol. The summed E-state index contributed by atoms with van der Waals surface area (Å²) < 4.78 is 43.3. The quantitative estimate of drug-likeness (QED) is 0.859. The van der Waals surface area contributed by atoms with Gasteiger partial charge in [-0.1, -0.05) is 5.16 Å². The Balaban J connectivity index is 1.95. The van der Waals surface area contributed by atoms with E-state index in [1.165, 1.54) is 6.07 Å². The molecule has 1 heterocycles. The van der Waals surface area contributed by atoms with Gasteiger partial charge in [-0.3, -0.25) is 4.79 Å². The average molecular weight is 313 g/mol. The van der Waals surface area contributed by atoms with Crippen molar-refractivity contribution in [2.75, 3.05) is 11.9 Å². The van der Waals surface area contributed by atoms with Crippen molar-refractivity contribution >= 4 is 21.7 Å². The number of anilines is 1. The first-order chi connectivity index (χ1) is 9.87. The van der Waals surface area contributed by atoms with E-state index >= 15 is 0 Å². The summed E-state index contributed by atoms with van der Waals surface area (Å²) >= 11 is 0. The second-order valence-corrected chi connectivity index (χ2v) is 5.92. The fraction of sp³-hybridized carbons (Fsp3) is 0.167. The van der Waals surface area contributed by atoms with E-state index in [2.05, 4.69) is 15.2 Å². The summed E-state index contributed by atoms with van der Waals surface area (Å²) in [5.41, 5.74) is 0. The van der Waals surface area contributed by atoms with Crippen LogP contribution >= 0.6 is 0 Å². The number of aromatic nitrogens is 1. The first-order valence-electron chi connectivity index (χ1n) is 5.85. The molecule has 0 aliphatic rings. The number of carbonyl (C=O) groups excluding carboxylic acids is 1. The molecular formula is C12H12FN3O4S. The molecular weight excluding hydrogens is 301 g/mol. The Hall–Kier alpha value is -2.26. The normalized spacial score (nSPS) is 11.3. The van der Waals surface area contributed by atoms with Crippen molar-refractivity contribution in [3.8, 4) is 0 Å². The van der Waals surface area contributed by atoms with Gasteiger partial charge < -0.3 is 9.84 Å². The Morgan fingerprint density at radius 1 is 1.33 bits per heavy atom. The number of aryl methyl sites for hydroxylation is 1. The van der Waals surface area contributed by atoms with E-state index in [0.717, 1.165) is 24.3 Å². The Morgan fingerprint density at radius 3 is 2.57 bits per heavy atom. The highest BCUT2D eigenvalue weighted by molar-refractivity contribution is 7.89. The number of benzene rings is 1. The molecule has 2 N–H and O–H groups in total. The predicted octanol–water partition coefficient (Wildman–Crippen LogP) is 1.04. The van der Waals surface area contributed by atoms with Crippen molar-refractivity contribution in [2.45, 2.75) is 11.8 Å². The van der Waals surface area contributed by atoms with Crippen LogP contribution in [0.15, 0.2) is 39.8 Å². The van der Waals surface area contributed by atoms with Gasteiger partial charge >= 0.3 is 0 Å². The summed E-state index contributed by atoms with van der Waals surface area (Å²) in [5.74, 6) is -0.447. The third-order valence-electron chi connectivity index (χ3n) is 2.44. The molecule has 0 saturated carbocycles. The highest BCUT2D eigenvalue weighted by Gasteiger charge is 2.16. The maximum atomic E-state index is 12.7. The van der Waals surface area contributed by atoms with Crippen molar-refractivity contribution in [2.24, 2.45) is 0 Å². The first kappa shape index (κ1) is 15.1. The molecule has 0 radical (unpaired) electrons. The molecule has 0 aliphatic carbocycles. The van der Waals surface area contributed by atoms with Gasteiger partial charge in [0.1, 0.15) is 11.6 Å². The molecule has 1 amide bonds. The third kappa shape index (κ3) is 4.10. The Labute approximate surface area is 120 Å². The van der Waals surface area contributed by atoms with Gasteiger partial charge in [0.05, 0.1) is 11.4 Å². The van der Waals surface area contributed by atoms with E-state index in [4.69, 9.17) is 4.52 Å². The fourth-order valence-corrected chi connectivity index (χ4v) is 2.45. The highest BCUT2D eigenvalue weighted by atomic mass is 32.2. The number of hydrogen-bond acceptors (Lipinski definition) is 5. The van der Waals surface area contributed by atoms with Crippen LogP contribution in [-0.4, -0.2) is 26.0 Å². The summed E-state index contributed by atoms with van der Waals surface area (Å²) in [5, 5.41) is 5.91. The monoisotopic (exact) mass is 313 g/mol. The molecule has 0 unspecified atom stereocenters. The van der Waals surface area contributed by atoms with Gasteiger partial charge in [-0.2, -0.15) is 0 Å². The van der Waals surface area contributed by atoms with Crippen molar-refractivity contribution in [1.82, 2.24) is 9.88 Å². The van der Waals surface area contributed by atoms with Gasteiger partial charge in [-0.25, -0.2) is 17.5 Å². The lowest BCUT2D eigenvalue weighted by molar-refractivity contribution is -0.115. The summed E-state index contributed by atoms with van der Waals surface area (Å²) in [6.45, 7) is 1.17. The second-order valence-electron chi connectivity index (χ2n) is 4.15. The minimum atomic E-state index is -3.88. The van der Waals surface area contributed by atoms with E-state index < -0.39 is 28.3 Å². The van der Waals surface area contributed by atoms with Crippen molar-refractivity contribution in [3.63, 3.8) is 0 Å². The molecule has 21 heavy (non-hydrogen) atoms. The molecule has 9 heteroatoms. The van der Waals surface area contributed by atoms with Crippen LogP contribution in [0.3, 0.4) is 0 Å². The molecule has 0 bridgehead atoms. The number of nitrogens with zero attached hydrogens (tertiary/aromatic N) is 1. The number of carbonyl (C=O) groups is 1. The van der Waals surface area contributed by atoms with Crippen molar-refractivity contribution in [1.29, 1.82) is 0 Å². The highest BCUT2D eigenvalue weighted by Crippen LogP contribution is 2.10. The van der Waals surface area contributed by atoms with Crippen LogP contribution in [-0.2, 0) is 14.8 Å². The standard InChI is InChI=1S/C12H12FN3O4S/c1-8-6-11(16-20-8)15-12(17)7-14-21(18,19)10-4-2-9(13)3-5-10/h2-6,14H,7H2,1H3,(H,15,16,17). The van der Waals surface area contributed by atoms with Crippen LogP contribution in [0.2, 0.25) is 0 Å². The van der Waals surface area contributed by atoms with Crippen LogP contribution in [0.1, 0.15) is 5.76 Å². The molecule has 0 spiro atoms. The third-order valence-corrected chi connectivity index (χ3v) is 3.86. The smallest absolute Gasteiger partial charge is 0.241 e. The van der Waals surface area contributed by atoms with Crippen molar-refractivity contribution < 1.29 is 22.1 Å². The zero-order chi connectivity index (χ0) is 15.5. The van der Waals surface area contributed by atoms with Gasteiger partial charge in [0.25, 0.3) is 0 Å². The maximum Gasteiger partial charge on any atom is 0.241 e. The molecule has 0 aliphatic heterocycles. The molecule has 7 nitrogen and oxygen atoms in total. The largest absolute Gasteiger partial charge is 0.360 e. The number of sulfonamides is 1. The summed E-state index contributed by atoms with van der Waals surface area (Å²) in [6, 6.07) is 5.75. The van der Waals surface area contributed by atoms with E-state index in [-0.39, 0.29) is 10.7 Å². The average Bonchev–Trinajstić information content (AvgIpc) is 2.82. The zero-order valence-electron chi connectivity index (χ0n) is 11.0. The molecule has 112 valence electrons. The molecule has 2 aromatic rings. The van der Waals surface area contributed by atoms with E-state index in [1.54, 1.807) is 6.92 Å². The van der Waals surface area contributed by atoms with Crippen LogP contribution in [0, 0.1) is 12.7 Å². The van der Waals surface area contributed by atoms with Gasteiger partial charge in [0.2, 0.25) is 15.9 Å². The van der Waals surface area contributed by atoms with Crippen molar-refractivity contribution in [3.05, 3.63) is 41.9 Å². The van der Waals surface area contributed by atoms with Gasteiger partial charge in [0.15, 0.2) is 5.82 Å². The van der Waals surface area contributed by atoms with E-state index in [1.807, 2.05) is 0 Å². The molecule has 0 saturated heterocycles. The van der Waals surface area contributed by atoms with Crippen LogP contribution in [0.5, 0.6) is 0 Å². The lowest BCUT2D eigenvalue weighted by atomic mass is 10.4. The fourth-order valence-electron chi connectivity index (χ4n) is 1.47. The maximum absolute atomic E-state index is 12.7. The lowest BCUT2D eigenvalue weighted by Crippen LogP contribution is -2.33. The first-order valence-corrected chi connectivity index (χ1v) is 7.33. The molecule has 0 atom stereocenters. The topological polar surface area (TPSA) is 101 Å². The lowest BCUT2D eigenvalue weighted by Gasteiger charge is -2.06. The molecule has 1 aromatic carbocycles. The summed E-state index contributed by atoms with van der Waals surface area (Å²) in [4.78, 5) is 11.4. The van der Waals surface area contributed by atoms with Crippen LogP contribution < -0.4 is 10.0 Å². The summed E-state index contributed by atoms with van der Waals surface area (Å²) in [7, 11) is -3.88. The second kappa shape index (κ2) is 6.02. The van der Waals surface area contributed by atoms with E-state index in [9.17, 15) is 17.6 Å². The Morgan fingerprint density at radius 2 is 2.00 bits per heavy atom. The van der Waals surface area contributed by atoms with Gasteiger partial charge in [0, 0.05) is 6.07 Å². The Kier molecular flexibility index (Phi) is 4.34. The van der Waals surface area contributed by atoms with Gasteiger partial charge in [-0.05, 0) is 31.2 Å². The number of hydrogen-bond donors (Lipinski definition) is 2. The van der Waals surface area contributed by atoms with Gasteiger partial charge in [-0.15, -0.1) is 0 Å². The molecule has 1 aromatic heterocycles. The number of amides is 1. The van der Waals surface area contributed by atoms with E-state index in [0.29, 0.717) is 5.76 Å². The van der Waals surface area contributed by atoms with Crippen LogP contribution in [0.25, 0.3) is 0 Å². The molecule has 2 rings (SSSR count). The SMILES string of the molecule is Cc1cc(NC(=O)CNS(=O)(=O)c2ccc(F)cc2)no1. The zero-order valence-corrected chi connectivity index (χ0v) is 11.8.